The summed E-state index contributed by atoms with van der Waals surface area (Å²) in [5, 5.41) is 0. The minimum atomic E-state index is 0.0474. The highest BCUT2D eigenvalue weighted by Crippen LogP contribution is 2.15. The molecule has 1 N–H and O–H groups in total. The Morgan fingerprint density at radius 3 is 2.50 bits per heavy atom. The van der Waals surface area contributed by atoms with E-state index in [-0.39, 0.29) is 5.78 Å². The van der Waals surface area contributed by atoms with Gasteiger partial charge in [0, 0.05) is 17.7 Å². The van der Waals surface area contributed by atoms with Gasteiger partial charge in [-0.2, -0.15) is 0 Å². The van der Waals surface area contributed by atoms with Gasteiger partial charge >= 0.3 is 0 Å². The molecular formula is C14H14NO. The molecule has 1 aromatic carbocycles. The van der Waals surface area contributed by atoms with E-state index in [1.807, 2.05) is 56.7 Å². The molecule has 81 valence electrons. The van der Waals surface area contributed by atoms with E-state index in [2.05, 4.69) is 4.98 Å². The summed E-state index contributed by atoms with van der Waals surface area (Å²) in [7, 11) is 0. The molecule has 2 heteroatoms. The van der Waals surface area contributed by atoms with Gasteiger partial charge in [-0.25, -0.2) is 0 Å². The Morgan fingerprint density at radius 1 is 1.25 bits per heavy atom. The first kappa shape index (κ1) is 10.7. The van der Waals surface area contributed by atoms with Gasteiger partial charge in [0.2, 0.25) is 5.78 Å². The third-order valence-corrected chi connectivity index (χ3v) is 2.61. The predicted molar refractivity (Wildman–Crippen MR) is 64.5 cm³/mol. The summed E-state index contributed by atoms with van der Waals surface area (Å²) in [5.41, 5.74) is 3.37. The minimum Gasteiger partial charge on any atom is -0.355 e. The molecule has 0 aliphatic rings. The Balaban J connectivity index is 2.38. The molecule has 0 amide bonds. The van der Waals surface area contributed by atoms with E-state index in [0.717, 1.165) is 16.8 Å². The number of aromatic nitrogens is 1. The molecule has 1 aromatic heterocycles. The highest BCUT2D eigenvalue weighted by molar-refractivity contribution is 6.08. The quantitative estimate of drug-likeness (QED) is 0.779. The van der Waals surface area contributed by atoms with Crippen LogP contribution in [0.1, 0.15) is 34.2 Å². The second-order valence-electron chi connectivity index (χ2n) is 3.77. The minimum absolute atomic E-state index is 0.0474. The fraction of sp³-hybridized carbons (Fsp3) is 0.143. The molecule has 2 nitrogen and oxygen atoms in total. The van der Waals surface area contributed by atoms with Crippen LogP contribution in [0.25, 0.3) is 0 Å². The SMILES string of the molecule is C[CH]c1cc(C)c(C(=O)c2ccccc2)[nH]1. The fourth-order valence-corrected chi connectivity index (χ4v) is 1.71. The Morgan fingerprint density at radius 2 is 1.94 bits per heavy atom. The van der Waals surface area contributed by atoms with Crippen molar-refractivity contribution in [2.24, 2.45) is 0 Å². The first-order valence-electron chi connectivity index (χ1n) is 5.31. The number of hydrogen-bond acceptors (Lipinski definition) is 1. The van der Waals surface area contributed by atoms with Crippen LogP contribution in [-0.4, -0.2) is 10.8 Å². The number of aromatic amines is 1. The van der Waals surface area contributed by atoms with E-state index in [4.69, 9.17) is 0 Å². The molecule has 0 fully saturated rings. The zero-order chi connectivity index (χ0) is 11.5. The highest BCUT2D eigenvalue weighted by atomic mass is 16.1. The number of ketones is 1. The van der Waals surface area contributed by atoms with E-state index < -0.39 is 0 Å². The molecule has 0 saturated carbocycles. The van der Waals surface area contributed by atoms with Crippen LogP contribution in [0.4, 0.5) is 0 Å². The summed E-state index contributed by atoms with van der Waals surface area (Å²) < 4.78 is 0. The lowest BCUT2D eigenvalue weighted by atomic mass is 10.1. The first-order valence-corrected chi connectivity index (χ1v) is 5.31. The van der Waals surface area contributed by atoms with Crippen molar-refractivity contribution in [3.05, 3.63) is 65.3 Å². The van der Waals surface area contributed by atoms with E-state index in [0.29, 0.717) is 5.69 Å². The number of H-pyrrole nitrogens is 1. The van der Waals surface area contributed by atoms with E-state index in [1.54, 1.807) is 0 Å². The van der Waals surface area contributed by atoms with Crippen molar-refractivity contribution in [3.63, 3.8) is 0 Å². The number of rotatable bonds is 3. The van der Waals surface area contributed by atoms with Crippen LogP contribution in [0.5, 0.6) is 0 Å². The second-order valence-corrected chi connectivity index (χ2v) is 3.77. The monoisotopic (exact) mass is 212 g/mol. The van der Waals surface area contributed by atoms with Gasteiger partial charge in [0.1, 0.15) is 0 Å². The van der Waals surface area contributed by atoms with Crippen LogP contribution >= 0.6 is 0 Å². The summed E-state index contributed by atoms with van der Waals surface area (Å²) in [6.45, 7) is 3.89. The molecule has 1 radical (unpaired) electrons. The molecule has 0 unspecified atom stereocenters. The average Bonchev–Trinajstić information content (AvgIpc) is 2.71. The maximum absolute atomic E-state index is 12.2. The molecule has 0 spiro atoms. The van der Waals surface area contributed by atoms with E-state index >= 15 is 0 Å². The number of hydrogen-bond donors (Lipinski definition) is 1. The van der Waals surface area contributed by atoms with Gasteiger partial charge in [0.15, 0.2) is 0 Å². The smallest absolute Gasteiger partial charge is 0.209 e. The van der Waals surface area contributed by atoms with Crippen molar-refractivity contribution < 1.29 is 4.79 Å². The van der Waals surface area contributed by atoms with Gasteiger partial charge in [0.05, 0.1) is 5.69 Å². The van der Waals surface area contributed by atoms with Crippen molar-refractivity contribution in [1.82, 2.24) is 4.98 Å². The summed E-state index contributed by atoms with van der Waals surface area (Å²) in [6.07, 6.45) is 1.95. The maximum Gasteiger partial charge on any atom is 0.209 e. The summed E-state index contributed by atoms with van der Waals surface area (Å²) in [5.74, 6) is 0.0474. The largest absolute Gasteiger partial charge is 0.355 e. The number of benzene rings is 1. The summed E-state index contributed by atoms with van der Waals surface area (Å²) >= 11 is 0. The van der Waals surface area contributed by atoms with Crippen molar-refractivity contribution >= 4 is 5.78 Å². The molecule has 2 aromatic rings. The number of carbonyl (C=O) groups excluding carboxylic acids is 1. The predicted octanol–water partition coefficient (Wildman–Crippen LogP) is 3.13. The average molecular weight is 212 g/mol. The summed E-state index contributed by atoms with van der Waals surface area (Å²) in [4.78, 5) is 15.3. The van der Waals surface area contributed by atoms with Crippen LogP contribution in [-0.2, 0) is 0 Å². The summed E-state index contributed by atoms with van der Waals surface area (Å²) in [6, 6.07) is 11.3. The molecule has 2 rings (SSSR count). The van der Waals surface area contributed by atoms with Gasteiger partial charge < -0.3 is 4.98 Å². The Kier molecular flexibility index (Phi) is 2.91. The van der Waals surface area contributed by atoms with Crippen LogP contribution in [0.2, 0.25) is 0 Å². The molecule has 0 aliphatic carbocycles. The Labute approximate surface area is 95.3 Å². The van der Waals surface area contributed by atoms with E-state index in [9.17, 15) is 4.79 Å². The van der Waals surface area contributed by atoms with Gasteiger partial charge in [-0.3, -0.25) is 4.79 Å². The number of carbonyl (C=O) groups is 1. The molecule has 16 heavy (non-hydrogen) atoms. The third kappa shape index (κ3) is 1.91. The molecular weight excluding hydrogens is 198 g/mol. The van der Waals surface area contributed by atoms with Crippen LogP contribution in [0.3, 0.4) is 0 Å². The lowest BCUT2D eigenvalue weighted by molar-refractivity contribution is 0.103. The zero-order valence-corrected chi connectivity index (χ0v) is 9.45. The highest BCUT2D eigenvalue weighted by Gasteiger charge is 2.13. The zero-order valence-electron chi connectivity index (χ0n) is 9.45. The van der Waals surface area contributed by atoms with Crippen molar-refractivity contribution in [2.45, 2.75) is 13.8 Å². The number of nitrogens with one attached hydrogen (secondary N) is 1. The Hall–Kier alpha value is -1.83. The van der Waals surface area contributed by atoms with Crippen molar-refractivity contribution in [3.8, 4) is 0 Å². The van der Waals surface area contributed by atoms with Crippen LogP contribution < -0.4 is 0 Å². The maximum atomic E-state index is 12.2. The first-order chi connectivity index (χ1) is 7.72. The second kappa shape index (κ2) is 4.35. The lowest BCUT2D eigenvalue weighted by Crippen LogP contribution is -2.03. The normalized spacial score (nSPS) is 10.4. The lowest BCUT2D eigenvalue weighted by Gasteiger charge is -1.99. The third-order valence-electron chi connectivity index (χ3n) is 2.61. The standard InChI is InChI=1S/C14H14NO/c1-3-12-9-10(2)13(15-12)14(16)11-7-5-4-6-8-11/h3-9,15H,1-2H3. The van der Waals surface area contributed by atoms with Crippen LogP contribution in [0.15, 0.2) is 36.4 Å². The topological polar surface area (TPSA) is 32.9 Å². The number of aryl methyl sites for hydroxylation is 1. The van der Waals surface area contributed by atoms with Gasteiger partial charge in [0.25, 0.3) is 0 Å². The van der Waals surface area contributed by atoms with Crippen molar-refractivity contribution in [1.29, 1.82) is 0 Å². The van der Waals surface area contributed by atoms with Crippen LogP contribution in [0, 0.1) is 13.3 Å². The van der Waals surface area contributed by atoms with Gasteiger partial charge in [-0.1, -0.05) is 37.3 Å². The molecule has 0 saturated heterocycles. The van der Waals surface area contributed by atoms with Gasteiger partial charge in [-0.15, -0.1) is 0 Å². The molecule has 0 atom stereocenters. The van der Waals surface area contributed by atoms with Crippen molar-refractivity contribution in [2.75, 3.05) is 0 Å². The Bertz CT molecular complexity index is 497. The van der Waals surface area contributed by atoms with Gasteiger partial charge in [-0.05, 0) is 18.6 Å². The molecule has 0 bridgehead atoms. The van der Waals surface area contributed by atoms with E-state index in [1.165, 1.54) is 0 Å². The molecule has 1 heterocycles. The fourth-order valence-electron chi connectivity index (χ4n) is 1.71. The molecule has 0 aliphatic heterocycles.